The zero-order valence-corrected chi connectivity index (χ0v) is 23.5. The minimum atomic E-state index is -0.231. The first-order valence-corrected chi connectivity index (χ1v) is 14.9. The van der Waals surface area contributed by atoms with Gasteiger partial charge in [-0.2, -0.15) is 0 Å². The monoisotopic (exact) mass is 569 g/mol. The number of aryl methyl sites for hydroxylation is 1. The largest absolute Gasteiger partial charge is 0.354 e. The van der Waals surface area contributed by atoms with Gasteiger partial charge >= 0.3 is 0 Å². The summed E-state index contributed by atoms with van der Waals surface area (Å²) < 4.78 is 2.56. The minimum absolute atomic E-state index is 0.0246. The summed E-state index contributed by atoms with van der Waals surface area (Å²) in [7, 11) is 0. The van der Waals surface area contributed by atoms with Crippen molar-refractivity contribution in [2.24, 2.45) is 4.99 Å². The number of aromatic amines is 1. The van der Waals surface area contributed by atoms with Crippen molar-refractivity contribution in [1.82, 2.24) is 9.55 Å². The zero-order chi connectivity index (χ0) is 27.5. The Morgan fingerprint density at radius 1 is 0.878 bits per heavy atom. The van der Waals surface area contributed by atoms with Crippen LogP contribution in [0.5, 0.6) is 0 Å². The van der Waals surface area contributed by atoms with E-state index in [1.54, 1.807) is 0 Å². The average Bonchev–Trinajstić information content (AvgIpc) is 3.54. The fraction of sp³-hybridized carbons (Fsp3) is 0.0857. The van der Waals surface area contributed by atoms with Gasteiger partial charge < -0.3 is 4.98 Å². The molecule has 0 spiro atoms. The number of para-hydroxylation sites is 1. The van der Waals surface area contributed by atoms with Gasteiger partial charge in [0.2, 0.25) is 0 Å². The first-order chi connectivity index (χ1) is 20.2. The van der Waals surface area contributed by atoms with Crippen LogP contribution in [0.15, 0.2) is 118 Å². The second kappa shape index (κ2) is 9.58. The summed E-state index contributed by atoms with van der Waals surface area (Å²) in [6, 6.07) is 34.7. The normalized spacial score (nSPS) is 16.3. The van der Waals surface area contributed by atoms with Crippen LogP contribution >= 0.6 is 22.9 Å². The van der Waals surface area contributed by atoms with Gasteiger partial charge in [-0.05, 0) is 59.4 Å². The molecule has 1 N–H and O–H groups in total. The van der Waals surface area contributed by atoms with Crippen LogP contribution in [0.3, 0.4) is 0 Å². The minimum Gasteiger partial charge on any atom is -0.354 e. The molecule has 6 heteroatoms. The first kappa shape index (κ1) is 24.4. The fourth-order valence-electron chi connectivity index (χ4n) is 6.24. The summed E-state index contributed by atoms with van der Waals surface area (Å²) in [5.41, 5.74) is 9.78. The van der Waals surface area contributed by atoms with Crippen LogP contribution in [0.2, 0.25) is 5.02 Å². The third kappa shape index (κ3) is 3.96. The topological polar surface area (TPSA) is 50.1 Å². The van der Waals surface area contributed by atoms with Crippen LogP contribution in [0.4, 0.5) is 0 Å². The van der Waals surface area contributed by atoms with E-state index in [-0.39, 0.29) is 11.6 Å². The summed E-state index contributed by atoms with van der Waals surface area (Å²) >= 11 is 7.74. The summed E-state index contributed by atoms with van der Waals surface area (Å²) in [5.74, 6) is 0. The number of nitrogens with one attached hydrogen (secondary N) is 1. The molecule has 0 fully saturated rings. The number of aromatic nitrogens is 2. The second-order valence-corrected chi connectivity index (χ2v) is 11.9. The molecule has 6 aromatic rings. The molecule has 1 aliphatic carbocycles. The number of hydrogen-bond acceptors (Lipinski definition) is 3. The summed E-state index contributed by atoms with van der Waals surface area (Å²) in [6.45, 7) is 0. The van der Waals surface area contributed by atoms with Crippen molar-refractivity contribution in [3.05, 3.63) is 156 Å². The lowest BCUT2D eigenvalue weighted by Gasteiger charge is -2.30. The van der Waals surface area contributed by atoms with E-state index in [1.807, 2.05) is 65.2 Å². The van der Waals surface area contributed by atoms with E-state index in [2.05, 4.69) is 53.5 Å². The SMILES string of the molecule is O=c1/c(=C\c2c(-c3ccccc3)[nH]c3ccccc23)sc2n1[C@@H](c1ccc(Cl)cc1)C1=C(N=2)c2ccccc2CC1. The lowest BCUT2D eigenvalue weighted by atomic mass is 9.83. The molecule has 0 saturated heterocycles. The van der Waals surface area contributed by atoms with Gasteiger partial charge in [0.25, 0.3) is 5.56 Å². The van der Waals surface area contributed by atoms with Gasteiger partial charge in [-0.1, -0.05) is 108 Å². The van der Waals surface area contributed by atoms with Crippen molar-refractivity contribution in [3.63, 3.8) is 0 Å². The molecule has 1 atom stereocenters. The maximum absolute atomic E-state index is 14.3. The van der Waals surface area contributed by atoms with E-state index >= 15 is 0 Å². The number of rotatable bonds is 3. The van der Waals surface area contributed by atoms with Gasteiger partial charge in [0, 0.05) is 27.1 Å². The van der Waals surface area contributed by atoms with E-state index in [0.29, 0.717) is 9.55 Å². The standard InChI is InChI=1S/C35H24ClN3OS/c36-24-17-14-23(15-18-24)33-27-19-16-21-8-4-5-11-25(21)32(27)38-35-39(33)34(40)30(41-35)20-28-26-12-6-7-13-29(26)37-31(28)22-9-2-1-3-10-22/h1-15,17-18,20,33,37H,16,19H2/b30-20+/t33-/m0/s1. The Balaban J connectivity index is 1.40. The Morgan fingerprint density at radius 3 is 2.49 bits per heavy atom. The summed E-state index contributed by atoms with van der Waals surface area (Å²) in [5, 5.41) is 1.76. The van der Waals surface area contributed by atoms with E-state index in [1.165, 1.54) is 22.5 Å². The molecule has 2 aliphatic rings. The van der Waals surface area contributed by atoms with E-state index < -0.39 is 0 Å². The number of fused-ring (bicyclic) bond motifs is 4. The lowest BCUT2D eigenvalue weighted by molar-refractivity contribution is 0.585. The Kier molecular flexibility index (Phi) is 5.69. The van der Waals surface area contributed by atoms with Crippen LogP contribution in [0.1, 0.15) is 34.7 Å². The number of allylic oxidation sites excluding steroid dienone is 1. The molecule has 0 radical (unpaired) electrons. The van der Waals surface area contributed by atoms with Crippen LogP contribution in [-0.4, -0.2) is 9.55 Å². The van der Waals surface area contributed by atoms with Crippen molar-refractivity contribution < 1.29 is 0 Å². The molecule has 198 valence electrons. The second-order valence-electron chi connectivity index (χ2n) is 10.5. The Hall–Kier alpha value is -4.45. The molecular formula is C35H24ClN3OS. The highest BCUT2D eigenvalue weighted by molar-refractivity contribution is 7.07. The molecule has 41 heavy (non-hydrogen) atoms. The van der Waals surface area contributed by atoms with Gasteiger partial charge in [0.15, 0.2) is 4.80 Å². The average molecular weight is 570 g/mol. The van der Waals surface area contributed by atoms with Crippen molar-refractivity contribution in [1.29, 1.82) is 0 Å². The molecule has 0 amide bonds. The van der Waals surface area contributed by atoms with E-state index in [9.17, 15) is 4.79 Å². The predicted molar refractivity (Wildman–Crippen MR) is 168 cm³/mol. The maximum atomic E-state index is 14.3. The smallest absolute Gasteiger partial charge is 0.271 e. The molecule has 1 aliphatic heterocycles. The Labute approximate surface area is 245 Å². The highest BCUT2D eigenvalue weighted by atomic mass is 35.5. The van der Waals surface area contributed by atoms with Crippen molar-refractivity contribution >= 4 is 45.6 Å². The highest BCUT2D eigenvalue weighted by Gasteiger charge is 2.32. The van der Waals surface area contributed by atoms with Gasteiger partial charge in [-0.15, -0.1) is 0 Å². The lowest BCUT2D eigenvalue weighted by Crippen LogP contribution is -2.38. The number of hydrogen-bond donors (Lipinski definition) is 1. The van der Waals surface area contributed by atoms with E-state index in [4.69, 9.17) is 16.6 Å². The van der Waals surface area contributed by atoms with Crippen molar-refractivity contribution in [2.45, 2.75) is 18.9 Å². The third-order valence-electron chi connectivity index (χ3n) is 8.14. The van der Waals surface area contributed by atoms with Crippen LogP contribution in [0, 0.1) is 0 Å². The number of halogens is 1. The number of benzene rings is 4. The fourth-order valence-corrected chi connectivity index (χ4v) is 7.35. The third-order valence-corrected chi connectivity index (χ3v) is 9.38. The number of nitrogens with zero attached hydrogens (tertiary/aromatic N) is 2. The summed E-state index contributed by atoms with van der Waals surface area (Å²) in [6.07, 6.45) is 3.82. The molecule has 4 aromatic carbocycles. The molecule has 2 aromatic heterocycles. The van der Waals surface area contributed by atoms with Crippen LogP contribution in [-0.2, 0) is 6.42 Å². The van der Waals surface area contributed by atoms with Gasteiger partial charge in [0.1, 0.15) is 0 Å². The molecule has 0 unspecified atom stereocenters. The maximum Gasteiger partial charge on any atom is 0.271 e. The Morgan fingerprint density at radius 2 is 1.63 bits per heavy atom. The predicted octanol–water partition coefficient (Wildman–Crippen LogP) is 7.12. The molecule has 8 rings (SSSR count). The quantitative estimate of drug-likeness (QED) is 0.242. The van der Waals surface area contributed by atoms with Gasteiger partial charge in [0.05, 0.1) is 22.0 Å². The summed E-state index contributed by atoms with van der Waals surface area (Å²) in [4.78, 5) is 23.8. The molecule has 0 bridgehead atoms. The Bertz CT molecular complexity index is 2190. The van der Waals surface area contributed by atoms with Gasteiger partial charge in [-0.25, -0.2) is 4.99 Å². The zero-order valence-electron chi connectivity index (χ0n) is 22.0. The molecule has 3 heterocycles. The van der Waals surface area contributed by atoms with Crippen molar-refractivity contribution in [2.75, 3.05) is 0 Å². The van der Waals surface area contributed by atoms with Crippen molar-refractivity contribution in [3.8, 4) is 11.3 Å². The number of thiazole rings is 1. The van der Waals surface area contributed by atoms with E-state index in [0.717, 1.165) is 62.2 Å². The van der Waals surface area contributed by atoms with Crippen LogP contribution in [0.25, 0.3) is 33.9 Å². The highest BCUT2D eigenvalue weighted by Crippen LogP contribution is 2.41. The molecule has 0 saturated carbocycles. The number of H-pyrrole nitrogens is 1. The molecule has 4 nitrogen and oxygen atoms in total. The van der Waals surface area contributed by atoms with Crippen LogP contribution < -0.4 is 14.9 Å². The molecular weight excluding hydrogens is 546 g/mol. The van der Waals surface area contributed by atoms with Gasteiger partial charge in [-0.3, -0.25) is 9.36 Å². The first-order valence-electron chi connectivity index (χ1n) is 13.7.